The fourth-order valence-electron chi connectivity index (χ4n) is 3.78. The van der Waals surface area contributed by atoms with Crippen molar-refractivity contribution in [3.8, 4) is 0 Å². The Kier molecular flexibility index (Phi) is 5.68. The van der Waals surface area contributed by atoms with Gasteiger partial charge in [-0.25, -0.2) is 4.39 Å². The number of rotatable bonds is 6. The highest BCUT2D eigenvalue weighted by molar-refractivity contribution is 5.93. The number of aromatic nitrogens is 1. The lowest BCUT2D eigenvalue weighted by atomic mass is 9.81. The molecule has 1 amide bonds. The van der Waals surface area contributed by atoms with Crippen molar-refractivity contribution >= 4 is 11.7 Å². The molecule has 0 bridgehead atoms. The fraction of sp³-hybridized carbons (Fsp3) is 0.364. The van der Waals surface area contributed by atoms with Crippen molar-refractivity contribution in [3.63, 3.8) is 0 Å². The summed E-state index contributed by atoms with van der Waals surface area (Å²) in [4.78, 5) is 29.4. The van der Waals surface area contributed by atoms with Crippen molar-refractivity contribution in [1.29, 1.82) is 0 Å². The lowest BCUT2D eigenvalue weighted by Gasteiger charge is -2.42. The molecule has 2 N–H and O–H groups in total. The van der Waals surface area contributed by atoms with Crippen LogP contribution in [0.5, 0.6) is 0 Å². The summed E-state index contributed by atoms with van der Waals surface area (Å²) in [6.45, 7) is 7.17. The van der Waals surface area contributed by atoms with E-state index in [1.807, 2.05) is 0 Å². The summed E-state index contributed by atoms with van der Waals surface area (Å²) < 4.78 is 13.1. The van der Waals surface area contributed by atoms with Crippen LogP contribution >= 0.6 is 0 Å². The molecule has 0 fully saturated rings. The van der Waals surface area contributed by atoms with E-state index in [4.69, 9.17) is 0 Å². The van der Waals surface area contributed by atoms with Crippen LogP contribution in [0.15, 0.2) is 53.9 Å². The van der Waals surface area contributed by atoms with E-state index >= 15 is 0 Å². The average Bonchev–Trinajstić information content (AvgIpc) is 3.15. The van der Waals surface area contributed by atoms with E-state index in [-0.39, 0.29) is 22.9 Å². The van der Waals surface area contributed by atoms with Crippen molar-refractivity contribution < 1.29 is 14.0 Å². The van der Waals surface area contributed by atoms with E-state index in [1.54, 1.807) is 42.3 Å². The first-order valence-corrected chi connectivity index (χ1v) is 9.39. The molecule has 28 heavy (non-hydrogen) atoms. The lowest BCUT2D eigenvalue weighted by molar-refractivity contribution is -0.116. The van der Waals surface area contributed by atoms with Gasteiger partial charge >= 0.3 is 0 Å². The summed E-state index contributed by atoms with van der Waals surface area (Å²) in [5, 5.41) is 3.46. The van der Waals surface area contributed by atoms with Crippen LogP contribution in [0.2, 0.25) is 0 Å². The van der Waals surface area contributed by atoms with Gasteiger partial charge in [0.2, 0.25) is 0 Å². The predicted molar refractivity (Wildman–Crippen MR) is 106 cm³/mol. The Morgan fingerprint density at radius 2 is 1.93 bits per heavy atom. The zero-order chi connectivity index (χ0) is 20.3. The molecule has 0 atom stereocenters. The van der Waals surface area contributed by atoms with Gasteiger partial charge < -0.3 is 15.2 Å². The molecule has 0 unspecified atom stereocenters. The number of ketones is 1. The second-order valence-corrected chi connectivity index (χ2v) is 7.97. The van der Waals surface area contributed by atoms with Gasteiger partial charge in [-0.3, -0.25) is 9.59 Å². The number of nitrogens with one attached hydrogen (secondary N) is 2. The van der Waals surface area contributed by atoms with Gasteiger partial charge in [-0.1, -0.05) is 26.0 Å². The highest BCUT2D eigenvalue weighted by Gasteiger charge is 2.36. The van der Waals surface area contributed by atoms with Crippen LogP contribution in [0.1, 0.15) is 43.2 Å². The summed E-state index contributed by atoms with van der Waals surface area (Å²) in [5.41, 5.74) is 3.07. The van der Waals surface area contributed by atoms with E-state index in [0.29, 0.717) is 31.7 Å². The highest BCUT2D eigenvalue weighted by Crippen LogP contribution is 2.35. The van der Waals surface area contributed by atoms with Crippen LogP contribution in [0.3, 0.4) is 0 Å². The first-order valence-electron chi connectivity index (χ1n) is 9.39. The van der Waals surface area contributed by atoms with Gasteiger partial charge in [0.25, 0.3) is 5.91 Å². The molecule has 2 aromatic rings. The van der Waals surface area contributed by atoms with Crippen LogP contribution in [-0.2, 0) is 11.3 Å². The Bertz CT molecular complexity index is 883. The Hall–Kier alpha value is -2.89. The molecule has 2 heterocycles. The van der Waals surface area contributed by atoms with E-state index in [0.717, 1.165) is 16.8 Å². The zero-order valence-corrected chi connectivity index (χ0v) is 16.5. The quantitative estimate of drug-likeness (QED) is 0.800. The van der Waals surface area contributed by atoms with Gasteiger partial charge in [0.15, 0.2) is 0 Å². The maximum Gasteiger partial charge on any atom is 0.270 e. The zero-order valence-electron chi connectivity index (χ0n) is 16.5. The Labute approximate surface area is 164 Å². The third-order valence-corrected chi connectivity index (χ3v) is 4.96. The molecular weight excluding hydrogens is 357 g/mol. The average molecular weight is 383 g/mol. The second-order valence-electron chi connectivity index (χ2n) is 7.97. The van der Waals surface area contributed by atoms with Gasteiger partial charge in [-0.2, -0.15) is 0 Å². The lowest BCUT2D eigenvalue weighted by Crippen LogP contribution is -2.48. The SMILES string of the molecule is CC(=O)CC1=C(NCc2ccc(F)cc2)C(C)(C)CN(C(=O)c2ccc[nH]2)C1. The van der Waals surface area contributed by atoms with Gasteiger partial charge in [0.1, 0.15) is 17.3 Å². The van der Waals surface area contributed by atoms with Crippen molar-refractivity contribution in [2.45, 2.75) is 33.7 Å². The summed E-state index contributed by atoms with van der Waals surface area (Å²) in [6.07, 6.45) is 2.02. The van der Waals surface area contributed by atoms with Crippen LogP contribution in [0.4, 0.5) is 4.39 Å². The smallest absolute Gasteiger partial charge is 0.270 e. The van der Waals surface area contributed by atoms with Crippen molar-refractivity contribution in [2.24, 2.45) is 5.41 Å². The monoisotopic (exact) mass is 383 g/mol. The van der Waals surface area contributed by atoms with Crippen molar-refractivity contribution in [3.05, 3.63) is 70.9 Å². The van der Waals surface area contributed by atoms with E-state index in [9.17, 15) is 14.0 Å². The highest BCUT2D eigenvalue weighted by atomic mass is 19.1. The number of Topliss-reactive ketones (excluding diaryl/α,β-unsaturated/α-hetero) is 1. The molecule has 6 heteroatoms. The summed E-state index contributed by atoms with van der Waals surface area (Å²) >= 11 is 0. The molecule has 1 aromatic carbocycles. The number of H-pyrrole nitrogens is 1. The molecule has 1 aliphatic rings. The number of halogens is 1. The molecule has 1 aromatic heterocycles. The number of nitrogens with zero attached hydrogens (tertiary/aromatic N) is 1. The normalized spacial score (nSPS) is 16.2. The minimum absolute atomic E-state index is 0.0565. The van der Waals surface area contributed by atoms with Crippen molar-refractivity contribution in [1.82, 2.24) is 15.2 Å². The summed E-state index contributed by atoms with van der Waals surface area (Å²) in [7, 11) is 0. The molecule has 0 aliphatic carbocycles. The van der Waals surface area contributed by atoms with Gasteiger partial charge in [0.05, 0.1) is 0 Å². The van der Waals surface area contributed by atoms with Crippen molar-refractivity contribution in [2.75, 3.05) is 13.1 Å². The minimum atomic E-state index is -0.342. The van der Waals surface area contributed by atoms with E-state index in [1.165, 1.54) is 12.1 Å². The predicted octanol–water partition coefficient (Wildman–Crippen LogP) is 3.66. The van der Waals surface area contributed by atoms with Crippen LogP contribution in [-0.4, -0.2) is 34.7 Å². The maximum absolute atomic E-state index is 13.1. The Balaban J connectivity index is 1.85. The largest absolute Gasteiger partial charge is 0.384 e. The molecule has 3 rings (SSSR count). The van der Waals surface area contributed by atoms with Gasteiger partial charge in [0, 0.05) is 43.4 Å². The van der Waals surface area contributed by atoms with Gasteiger partial charge in [-0.15, -0.1) is 0 Å². The minimum Gasteiger partial charge on any atom is -0.384 e. The Morgan fingerprint density at radius 3 is 2.54 bits per heavy atom. The third-order valence-electron chi connectivity index (χ3n) is 4.96. The van der Waals surface area contributed by atoms with Crippen LogP contribution < -0.4 is 5.32 Å². The number of benzene rings is 1. The number of hydrogen-bond acceptors (Lipinski definition) is 3. The van der Waals surface area contributed by atoms with E-state index < -0.39 is 0 Å². The molecule has 1 aliphatic heterocycles. The number of hydrogen-bond donors (Lipinski definition) is 2. The molecular formula is C22H26FN3O2. The number of carbonyl (C=O) groups excluding carboxylic acids is 2. The third kappa shape index (κ3) is 4.50. The summed E-state index contributed by atoms with van der Waals surface area (Å²) in [5.74, 6) is -0.283. The fourth-order valence-corrected chi connectivity index (χ4v) is 3.78. The second kappa shape index (κ2) is 8.00. The first kappa shape index (κ1) is 19.9. The first-order chi connectivity index (χ1) is 13.3. The topological polar surface area (TPSA) is 65.2 Å². The summed E-state index contributed by atoms with van der Waals surface area (Å²) in [6, 6.07) is 9.90. The molecule has 5 nitrogen and oxygen atoms in total. The van der Waals surface area contributed by atoms with Gasteiger partial charge in [-0.05, 0) is 42.3 Å². The molecule has 0 spiro atoms. The molecule has 148 valence electrons. The maximum atomic E-state index is 13.1. The van der Waals surface area contributed by atoms with E-state index in [2.05, 4.69) is 24.1 Å². The number of aromatic amines is 1. The molecule has 0 radical (unpaired) electrons. The van der Waals surface area contributed by atoms with Crippen LogP contribution in [0, 0.1) is 11.2 Å². The Morgan fingerprint density at radius 1 is 1.21 bits per heavy atom. The molecule has 0 saturated carbocycles. The number of amides is 1. The standard InChI is InChI=1S/C22H26FN3O2/c1-15(27)11-17-13-26(21(28)19-5-4-10-24-19)14-22(2,3)20(17)25-12-16-6-8-18(23)9-7-16/h4-10,24-25H,11-14H2,1-3H3. The number of carbonyl (C=O) groups is 2. The van der Waals surface area contributed by atoms with Crippen LogP contribution in [0.25, 0.3) is 0 Å². The molecule has 0 saturated heterocycles.